The van der Waals surface area contributed by atoms with Gasteiger partial charge in [-0.05, 0) is 18.2 Å². The molecule has 0 bridgehead atoms. The first-order chi connectivity index (χ1) is 12.6. The molecule has 0 fully saturated rings. The van der Waals surface area contributed by atoms with Gasteiger partial charge in [0.1, 0.15) is 12.2 Å². The van der Waals surface area contributed by atoms with Gasteiger partial charge in [-0.2, -0.15) is 5.10 Å². The second-order valence-electron chi connectivity index (χ2n) is 5.51. The number of aromatic nitrogens is 4. The number of rotatable bonds is 4. The van der Waals surface area contributed by atoms with Crippen molar-refractivity contribution >= 4 is 16.7 Å². The SMILES string of the molecule is O=C([O-])c1nn(Cc2nnc(-c3ccccc3)o2)c(=O)c2ccccc12. The second-order valence-corrected chi connectivity index (χ2v) is 5.51. The largest absolute Gasteiger partial charge is 0.543 e. The molecule has 0 saturated carbocycles. The zero-order valence-corrected chi connectivity index (χ0v) is 13.3. The van der Waals surface area contributed by atoms with Gasteiger partial charge in [0.05, 0.1) is 11.4 Å². The van der Waals surface area contributed by atoms with E-state index in [-0.39, 0.29) is 28.9 Å². The van der Waals surface area contributed by atoms with Gasteiger partial charge in [-0.15, -0.1) is 10.2 Å². The van der Waals surface area contributed by atoms with Crippen molar-refractivity contribution in [3.63, 3.8) is 0 Å². The predicted octanol–water partition coefficient (Wildman–Crippen LogP) is 0.858. The van der Waals surface area contributed by atoms with E-state index < -0.39 is 11.5 Å². The zero-order chi connectivity index (χ0) is 18.1. The molecular formula is C18H11N4O4-. The number of fused-ring (bicyclic) bond motifs is 1. The minimum Gasteiger partial charge on any atom is -0.543 e. The van der Waals surface area contributed by atoms with E-state index in [1.165, 1.54) is 12.1 Å². The van der Waals surface area contributed by atoms with Crippen molar-refractivity contribution in [2.24, 2.45) is 0 Å². The Labute approximate surface area is 146 Å². The number of hydrogen-bond acceptors (Lipinski definition) is 7. The number of carboxylic acids is 1. The number of benzene rings is 2. The minimum absolute atomic E-state index is 0.137. The highest BCUT2D eigenvalue weighted by Gasteiger charge is 2.14. The molecule has 0 N–H and O–H groups in total. The van der Waals surface area contributed by atoms with Gasteiger partial charge in [-0.25, -0.2) is 4.68 Å². The van der Waals surface area contributed by atoms with Gasteiger partial charge in [-0.3, -0.25) is 4.79 Å². The highest BCUT2D eigenvalue weighted by Crippen LogP contribution is 2.17. The molecule has 0 amide bonds. The Bertz CT molecular complexity index is 1160. The van der Waals surface area contributed by atoms with Crippen LogP contribution in [0.3, 0.4) is 0 Å². The van der Waals surface area contributed by atoms with Crippen molar-refractivity contribution in [1.82, 2.24) is 20.0 Å². The zero-order valence-electron chi connectivity index (χ0n) is 13.3. The molecule has 0 radical (unpaired) electrons. The van der Waals surface area contributed by atoms with Crippen LogP contribution in [0.5, 0.6) is 0 Å². The Kier molecular flexibility index (Phi) is 3.77. The molecule has 4 rings (SSSR count). The van der Waals surface area contributed by atoms with E-state index in [1.807, 2.05) is 30.3 Å². The number of carbonyl (C=O) groups excluding carboxylic acids is 1. The van der Waals surface area contributed by atoms with Gasteiger partial charge in [0.25, 0.3) is 5.56 Å². The summed E-state index contributed by atoms with van der Waals surface area (Å²) in [5, 5.41) is 23.6. The van der Waals surface area contributed by atoms with Crippen LogP contribution in [-0.4, -0.2) is 25.9 Å². The molecule has 0 spiro atoms. The molecular weight excluding hydrogens is 336 g/mol. The average molecular weight is 347 g/mol. The number of aromatic carboxylic acids is 1. The van der Waals surface area contributed by atoms with E-state index in [9.17, 15) is 14.7 Å². The Balaban J connectivity index is 1.76. The van der Waals surface area contributed by atoms with Crippen molar-refractivity contribution in [3.05, 3.63) is 76.5 Å². The molecule has 26 heavy (non-hydrogen) atoms. The molecule has 0 unspecified atom stereocenters. The third-order valence-corrected chi connectivity index (χ3v) is 3.83. The Morgan fingerprint density at radius 1 is 1.00 bits per heavy atom. The van der Waals surface area contributed by atoms with E-state index >= 15 is 0 Å². The van der Waals surface area contributed by atoms with Crippen molar-refractivity contribution in [1.29, 1.82) is 0 Å². The predicted molar refractivity (Wildman–Crippen MR) is 89.2 cm³/mol. The number of carbonyl (C=O) groups is 1. The molecule has 0 aliphatic carbocycles. The molecule has 2 heterocycles. The summed E-state index contributed by atoms with van der Waals surface area (Å²) in [5.41, 5.74) is -0.0337. The van der Waals surface area contributed by atoms with Gasteiger partial charge in [-0.1, -0.05) is 36.4 Å². The molecule has 128 valence electrons. The van der Waals surface area contributed by atoms with Crippen LogP contribution in [0.25, 0.3) is 22.2 Å². The second kappa shape index (κ2) is 6.25. The summed E-state index contributed by atoms with van der Waals surface area (Å²) in [7, 11) is 0. The van der Waals surface area contributed by atoms with Crippen LogP contribution >= 0.6 is 0 Å². The first-order valence-electron chi connectivity index (χ1n) is 7.72. The lowest BCUT2D eigenvalue weighted by Gasteiger charge is -2.10. The summed E-state index contributed by atoms with van der Waals surface area (Å²) in [5.74, 6) is -1.03. The maximum Gasteiger partial charge on any atom is 0.275 e. The van der Waals surface area contributed by atoms with Crippen LogP contribution < -0.4 is 10.7 Å². The molecule has 0 saturated heterocycles. The fourth-order valence-electron chi connectivity index (χ4n) is 2.64. The Hall–Kier alpha value is -3.81. The van der Waals surface area contributed by atoms with Crippen LogP contribution in [0.4, 0.5) is 0 Å². The smallest absolute Gasteiger partial charge is 0.275 e. The summed E-state index contributed by atoms with van der Waals surface area (Å²) < 4.78 is 6.54. The first-order valence-corrected chi connectivity index (χ1v) is 7.72. The summed E-state index contributed by atoms with van der Waals surface area (Å²) >= 11 is 0. The molecule has 4 aromatic rings. The van der Waals surface area contributed by atoms with E-state index in [2.05, 4.69) is 15.3 Å². The highest BCUT2D eigenvalue weighted by atomic mass is 16.4. The van der Waals surface area contributed by atoms with Gasteiger partial charge < -0.3 is 14.3 Å². The van der Waals surface area contributed by atoms with Crippen LogP contribution in [-0.2, 0) is 6.54 Å². The summed E-state index contributed by atoms with van der Waals surface area (Å²) in [4.78, 5) is 24.0. The number of hydrogen-bond donors (Lipinski definition) is 0. The van der Waals surface area contributed by atoms with Crippen LogP contribution in [0.1, 0.15) is 16.4 Å². The molecule has 0 aliphatic heterocycles. The van der Waals surface area contributed by atoms with Crippen molar-refractivity contribution in [2.75, 3.05) is 0 Å². The third kappa shape index (κ3) is 2.73. The van der Waals surface area contributed by atoms with E-state index in [4.69, 9.17) is 4.42 Å². The van der Waals surface area contributed by atoms with Crippen LogP contribution in [0.15, 0.2) is 63.8 Å². The lowest BCUT2D eigenvalue weighted by Crippen LogP contribution is -2.31. The highest BCUT2D eigenvalue weighted by molar-refractivity contribution is 6.00. The quantitative estimate of drug-likeness (QED) is 0.538. The van der Waals surface area contributed by atoms with E-state index in [0.29, 0.717) is 5.89 Å². The van der Waals surface area contributed by atoms with Crippen molar-refractivity contribution in [2.45, 2.75) is 6.54 Å². The van der Waals surface area contributed by atoms with Crippen molar-refractivity contribution < 1.29 is 14.3 Å². The van der Waals surface area contributed by atoms with Gasteiger partial charge in [0.2, 0.25) is 11.8 Å². The molecule has 2 aromatic heterocycles. The molecule has 8 nitrogen and oxygen atoms in total. The minimum atomic E-state index is -1.47. The summed E-state index contributed by atoms with van der Waals surface area (Å²) in [6, 6.07) is 15.5. The summed E-state index contributed by atoms with van der Waals surface area (Å²) in [6.45, 7) is -0.149. The Morgan fingerprint density at radius 3 is 2.42 bits per heavy atom. The van der Waals surface area contributed by atoms with Crippen LogP contribution in [0, 0.1) is 0 Å². The third-order valence-electron chi connectivity index (χ3n) is 3.83. The van der Waals surface area contributed by atoms with Crippen molar-refractivity contribution in [3.8, 4) is 11.5 Å². The monoisotopic (exact) mass is 347 g/mol. The molecule has 2 aromatic carbocycles. The average Bonchev–Trinajstić information content (AvgIpc) is 3.13. The van der Waals surface area contributed by atoms with Gasteiger partial charge >= 0.3 is 0 Å². The van der Waals surface area contributed by atoms with Gasteiger partial charge in [0.15, 0.2) is 0 Å². The molecule has 0 aliphatic rings. The lowest BCUT2D eigenvalue weighted by molar-refractivity contribution is -0.255. The maximum absolute atomic E-state index is 12.6. The fourth-order valence-corrected chi connectivity index (χ4v) is 2.64. The maximum atomic E-state index is 12.6. The van der Waals surface area contributed by atoms with Crippen LogP contribution in [0.2, 0.25) is 0 Å². The lowest BCUT2D eigenvalue weighted by atomic mass is 10.1. The van der Waals surface area contributed by atoms with E-state index in [0.717, 1.165) is 10.2 Å². The number of carboxylic acid groups (broad SMARTS) is 1. The molecule has 8 heteroatoms. The normalized spacial score (nSPS) is 10.9. The topological polar surface area (TPSA) is 114 Å². The standard InChI is InChI=1S/C18H12N4O4/c23-17-13-9-5-4-8-12(13)15(18(24)25)21-22(17)10-14-19-20-16(26-14)11-6-2-1-3-7-11/h1-9H,10H2,(H,24,25)/p-1. The van der Waals surface area contributed by atoms with E-state index in [1.54, 1.807) is 12.1 Å². The first kappa shape index (κ1) is 15.7. The fraction of sp³-hybridized carbons (Fsp3) is 0.0556. The van der Waals surface area contributed by atoms with Gasteiger partial charge in [0, 0.05) is 10.9 Å². The number of nitrogens with zero attached hydrogens (tertiary/aromatic N) is 4. The molecule has 0 atom stereocenters. The Morgan fingerprint density at radius 2 is 1.69 bits per heavy atom. The summed E-state index contributed by atoms with van der Waals surface area (Å²) in [6.07, 6.45) is 0.